The lowest BCUT2D eigenvalue weighted by molar-refractivity contribution is -0.116. The Hall–Kier alpha value is -0.580. The van der Waals surface area contributed by atoms with Crippen LogP contribution >= 0.6 is 28.3 Å². The van der Waals surface area contributed by atoms with Crippen molar-refractivity contribution in [1.29, 1.82) is 0 Å². The molecule has 5 heteroatoms. The summed E-state index contributed by atoms with van der Waals surface area (Å²) in [4.78, 5) is 11.7. The van der Waals surface area contributed by atoms with Crippen molar-refractivity contribution in [2.24, 2.45) is 5.73 Å². The van der Waals surface area contributed by atoms with Gasteiger partial charge in [-0.1, -0.05) is 28.8 Å². The second-order valence-corrected chi connectivity index (χ2v) is 5.32. The van der Waals surface area contributed by atoms with Crippen LogP contribution in [0.4, 0.5) is 5.69 Å². The molecule has 0 unspecified atom stereocenters. The van der Waals surface area contributed by atoms with Crippen molar-refractivity contribution in [2.45, 2.75) is 39.0 Å². The molecule has 1 rings (SSSR count). The Morgan fingerprint density at radius 1 is 1.26 bits per heavy atom. The number of benzene rings is 1. The first kappa shape index (κ1) is 18.4. The van der Waals surface area contributed by atoms with E-state index >= 15 is 0 Å². The molecule has 0 atom stereocenters. The van der Waals surface area contributed by atoms with Crippen molar-refractivity contribution < 1.29 is 4.79 Å². The van der Waals surface area contributed by atoms with E-state index in [2.05, 4.69) is 21.2 Å². The lowest BCUT2D eigenvalue weighted by atomic mass is 10.1. The molecule has 0 aliphatic carbocycles. The number of carbonyl (C=O) groups is 1. The second kappa shape index (κ2) is 10.2. The van der Waals surface area contributed by atoms with Gasteiger partial charge in [0.2, 0.25) is 5.91 Å². The third kappa shape index (κ3) is 7.55. The van der Waals surface area contributed by atoms with Gasteiger partial charge in [0, 0.05) is 16.6 Å². The van der Waals surface area contributed by atoms with Crippen LogP contribution in [0, 0.1) is 6.92 Å². The predicted molar refractivity (Wildman–Crippen MR) is 86.9 cm³/mol. The number of halogens is 2. The highest BCUT2D eigenvalue weighted by Gasteiger charge is 2.03. The molecule has 0 aliphatic rings. The van der Waals surface area contributed by atoms with Crippen LogP contribution in [0.1, 0.15) is 37.7 Å². The molecule has 0 spiro atoms. The van der Waals surface area contributed by atoms with E-state index in [0.29, 0.717) is 6.42 Å². The largest absolute Gasteiger partial charge is 0.330 e. The molecule has 0 fully saturated rings. The molecule has 1 aromatic carbocycles. The average molecular weight is 350 g/mol. The van der Waals surface area contributed by atoms with Crippen molar-refractivity contribution in [3.63, 3.8) is 0 Å². The zero-order valence-corrected chi connectivity index (χ0v) is 13.6. The third-order valence-electron chi connectivity index (χ3n) is 2.80. The quantitative estimate of drug-likeness (QED) is 0.730. The van der Waals surface area contributed by atoms with Gasteiger partial charge in [-0.3, -0.25) is 4.79 Å². The van der Waals surface area contributed by atoms with Crippen LogP contribution < -0.4 is 11.1 Å². The summed E-state index contributed by atoms with van der Waals surface area (Å²) in [6.45, 7) is 2.75. The maximum absolute atomic E-state index is 11.7. The Labute approximate surface area is 129 Å². The monoisotopic (exact) mass is 348 g/mol. The van der Waals surface area contributed by atoms with Crippen molar-refractivity contribution in [3.05, 3.63) is 28.2 Å². The normalized spacial score (nSPS) is 9.84. The van der Waals surface area contributed by atoms with Crippen molar-refractivity contribution >= 4 is 39.9 Å². The van der Waals surface area contributed by atoms with E-state index in [-0.39, 0.29) is 18.3 Å². The summed E-state index contributed by atoms with van der Waals surface area (Å²) >= 11 is 3.44. The zero-order chi connectivity index (χ0) is 13.4. The standard InChI is InChI=1S/C14H21BrN2O.ClH/c1-11-10-12(7-8-13(11)15)17-14(18)6-4-2-3-5-9-16;/h7-8,10H,2-6,9,16H2,1H3,(H,17,18);1H. The number of unbranched alkanes of at least 4 members (excludes halogenated alkanes) is 3. The Balaban J connectivity index is 0.00000324. The second-order valence-electron chi connectivity index (χ2n) is 4.47. The molecule has 3 N–H and O–H groups in total. The van der Waals surface area contributed by atoms with Gasteiger partial charge < -0.3 is 11.1 Å². The van der Waals surface area contributed by atoms with E-state index in [1.807, 2.05) is 25.1 Å². The lowest BCUT2D eigenvalue weighted by Crippen LogP contribution is -2.11. The van der Waals surface area contributed by atoms with E-state index in [0.717, 1.165) is 48.0 Å². The smallest absolute Gasteiger partial charge is 0.224 e. The maximum Gasteiger partial charge on any atom is 0.224 e. The third-order valence-corrected chi connectivity index (χ3v) is 3.69. The first-order valence-corrected chi connectivity index (χ1v) is 7.19. The van der Waals surface area contributed by atoms with Crippen molar-refractivity contribution in [3.8, 4) is 0 Å². The van der Waals surface area contributed by atoms with Gasteiger partial charge in [0.1, 0.15) is 0 Å². The lowest BCUT2D eigenvalue weighted by Gasteiger charge is -2.07. The number of carbonyl (C=O) groups excluding carboxylic acids is 1. The number of hydrogen-bond acceptors (Lipinski definition) is 2. The van der Waals surface area contributed by atoms with E-state index in [1.165, 1.54) is 0 Å². The molecule has 1 aromatic rings. The fourth-order valence-corrected chi connectivity index (χ4v) is 1.98. The topological polar surface area (TPSA) is 55.1 Å². The Morgan fingerprint density at radius 3 is 2.58 bits per heavy atom. The van der Waals surface area contributed by atoms with Crippen molar-refractivity contribution in [2.75, 3.05) is 11.9 Å². The van der Waals surface area contributed by atoms with Crippen LogP contribution in [0.3, 0.4) is 0 Å². The van der Waals surface area contributed by atoms with Crippen LogP contribution in [0.2, 0.25) is 0 Å². The molecule has 3 nitrogen and oxygen atoms in total. The summed E-state index contributed by atoms with van der Waals surface area (Å²) in [6.07, 6.45) is 4.75. The molecule has 0 aliphatic heterocycles. The van der Waals surface area contributed by atoms with Crippen molar-refractivity contribution in [1.82, 2.24) is 0 Å². The van der Waals surface area contributed by atoms with Crippen LogP contribution in [0.5, 0.6) is 0 Å². The summed E-state index contributed by atoms with van der Waals surface area (Å²) in [5, 5.41) is 2.92. The fraction of sp³-hybridized carbons (Fsp3) is 0.500. The molecule has 0 bridgehead atoms. The van der Waals surface area contributed by atoms with Gasteiger partial charge in [-0.25, -0.2) is 0 Å². The number of aryl methyl sites for hydroxylation is 1. The molecule has 1 amide bonds. The highest BCUT2D eigenvalue weighted by molar-refractivity contribution is 9.10. The molecular formula is C14H22BrClN2O. The summed E-state index contributed by atoms with van der Waals surface area (Å²) in [6, 6.07) is 5.83. The minimum absolute atomic E-state index is 0. The Morgan fingerprint density at radius 2 is 1.95 bits per heavy atom. The molecule has 0 saturated carbocycles. The highest BCUT2D eigenvalue weighted by atomic mass is 79.9. The van der Waals surface area contributed by atoms with Crippen LogP contribution in [0.15, 0.2) is 22.7 Å². The highest BCUT2D eigenvalue weighted by Crippen LogP contribution is 2.20. The summed E-state index contributed by atoms with van der Waals surface area (Å²) in [5.41, 5.74) is 7.40. The number of rotatable bonds is 7. The van der Waals surface area contributed by atoms with Gasteiger partial charge in [0.25, 0.3) is 0 Å². The van der Waals surface area contributed by atoms with Gasteiger partial charge in [0.05, 0.1) is 0 Å². The molecule has 0 heterocycles. The number of anilines is 1. The van der Waals surface area contributed by atoms with E-state index in [9.17, 15) is 4.79 Å². The first-order valence-electron chi connectivity index (χ1n) is 6.39. The Kier molecular flexibility index (Phi) is 9.92. The van der Waals surface area contributed by atoms with E-state index in [1.54, 1.807) is 0 Å². The molecule has 0 radical (unpaired) electrons. The average Bonchev–Trinajstić information content (AvgIpc) is 2.34. The minimum atomic E-state index is 0. The van der Waals surface area contributed by atoms with Crippen LogP contribution in [-0.2, 0) is 4.79 Å². The van der Waals surface area contributed by atoms with E-state index < -0.39 is 0 Å². The summed E-state index contributed by atoms with van der Waals surface area (Å²) in [5.74, 6) is 0.0875. The van der Waals surface area contributed by atoms with Gasteiger partial charge in [-0.05, 0) is 50.1 Å². The van der Waals surface area contributed by atoms with Crippen LogP contribution in [-0.4, -0.2) is 12.5 Å². The molecule has 0 saturated heterocycles. The van der Waals surface area contributed by atoms with Gasteiger partial charge in [-0.2, -0.15) is 0 Å². The predicted octanol–water partition coefficient (Wildman–Crippen LogP) is 4.03. The van der Waals surface area contributed by atoms with Gasteiger partial charge >= 0.3 is 0 Å². The minimum Gasteiger partial charge on any atom is -0.330 e. The number of nitrogens with one attached hydrogen (secondary N) is 1. The Bertz CT molecular complexity index is 399. The maximum atomic E-state index is 11.7. The van der Waals surface area contributed by atoms with Gasteiger partial charge in [-0.15, -0.1) is 12.4 Å². The molecule has 0 aromatic heterocycles. The summed E-state index contributed by atoms with van der Waals surface area (Å²) < 4.78 is 1.06. The van der Waals surface area contributed by atoms with Gasteiger partial charge in [0.15, 0.2) is 0 Å². The SMILES string of the molecule is Cc1cc(NC(=O)CCCCCCN)ccc1Br.Cl. The summed E-state index contributed by atoms with van der Waals surface area (Å²) in [7, 11) is 0. The first-order chi connectivity index (χ1) is 8.63. The van der Waals surface area contributed by atoms with E-state index in [4.69, 9.17) is 5.73 Å². The molecular weight excluding hydrogens is 328 g/mol. The van der Waals surface area contributed by atoms with Crippen LogP contribution in [0.25, 0.3) is 0 Å². The fourth-order valence-electron chi connectivity index (χ4n) is 1.73. The molecule has 108 valence electrons. The number of amides is 1. The number of nitrogens with two attached hydrogens (primary N) is 1. The zero-order valence-electron chi connectivity index (χ0n) is 11.2. The number of hydrogen-bond donors (Lipinski definition) is 2. The molecule has 19 heavy (non-hydrogen) atoms.